The summed E-state index contributed by atoms with van der Waals surface area (Å²) in [5, 5.41) is 29.9. The first-order valence-corrected chi connectivity index (χ1v) is 8.22. The average molecular weight is 342 g/mol. The Morgan fingerprint density at radius 1 is 1.08 bits per heavy atom. The van der Waals surface area contributed by atoms with Gasteiger partial charge in [0.15, 0.2) is 5.78 Å². The predicted molar refractivity (Wildman–Crippen MR) is 93.4 cm³/mol. The quantitative estimate of drug-likeness (QED) is 0.765. The van der Waals surface area contributed by atoms with Gasteiger partial charge in [0.05, 0.1) is 6.42 Å². The van der Waals surface area contributed by atoms with Crippen molar-refractivity contribution in [2.24, 2.45) is 5.41 Å². The molecule has 2 aromatic carbocycles. The number of benzene rings is 2. The molecule has 0 saturated carbocycles. The first-order valence-electron chi connectivity index (χ1n) is 8.22. The molecule has 3 N–H and O–H groups in total. The van der Waals surface area contributed by atoms with Gasteiger partial charge < -0.3 is 20.1 Å². The number of rotatable bonds is 2. The zero-order valence-corrected chi connectivity index (χ0v) is 14.5. The van der Waals surface area contributed by atoms with E-state index in [1.165, 1.54) is 18.2 Å². The van der Waals surface area contributed by atoms with Crippen molar-refractivity contribution >= 4 is 5.78 Å². The molecular weight excluding hydrogens is 320 g/mol. The zero-order chi connectivity index (χ0) is 18.4. The van der Waals surface area contributed by atoms with Crippen LogP contribution in [0.1, 0.15) is 54.8 Å². The lowest BCUT2D eigenvalue weighted by Crippen LogP contribution is -2.23. The van der Waals surface area contributed by atoms with E-state index in [0.717, 1.165) is 5.56 Å². The van der Waals surface area contributed by atoms with Crippen molar-refractivity contribution in [1.29, 1.82) is 0 Å². The predicted octanol–water partition coefficient (Wildman–Crippen LogP) is 4.10. The first-order chi connectivity index (χ1) is 11.7. The van der Waals surface area contributed by atoms with Crippen LogP contribution in [0.4, 0.5) is 0 Å². The summed E-state index contributed by atoms with van der Waals surface area (Å²) >= 11 is 0. The third kappa shape index (κ3) is 3.40. The van der Waals surface area contributed by atoms with Crippen molar-refractivity contribution in [2.75, 3.05) is 0 Å². The van der Waals surface area contributed by atoms with Crippen molar-refractivity contribution in [3.63, 3.8) is 0 Å². The molecule has 0 saturated heterocycles. The lowest BCUT2D eigenvalue weighted by atomic mass is 9.84. The minimum Gasteiger partial charge on any atom is -0.508 e. The Hall–Kier alpha value is -2.69. The summed E-state index contributed by atoms with van der Waals surface area (Å²) in [5.41, 5.74) is 1.27. The first kappa shape index (κ1) is 17.1. The van der Waals surface area contributed by atoms with E-state index in [-0.39, 0.29) is 46.2 Å². The van der Waals surface area contributed by atoms with E-state index in [1.807, 2.05) is 20.8 Å². The van der Waals surface area contributed by atoms with Gasteiger partial charge >= 0.3 is 0 Å². The molecule has 5 heteroatoms. The minimum atomic E-state index is -0.527. The van der Waals surface area contributed by atoms with Gasteiger partial charge in [-0.05, 0) is 29.5 Å². The molecule has 132 valence electrons. The number of hydrogen-bond acceptors (Lipinski definition) is 5. The third-order valence-corrected chi connectivity index (χ3v) is 4.22. The van der Waals surface area contributed by atoms with E-state index >= 15 is 0 Å². The molecular formula is C20H22O5. The standard InChI is InChI=1S/C20H22O5/c1-20(2,3)10-13-14(22)8-15(23)18-16(24)9-17(25-19(13)18)11-4-6-12(21)7-5-11/h4-8,17,21-23H,9-10H2,1-3H3. The van der Waals surface area contributed by atoms with E-state index in [4.69, 9.17) is 4.74 Å². The SMILES string of the molecule is CC(C)(C)Cc1c(O)cc(O)c2c1OC(c1ccc(O)cc1)CC2=O. The summed E-state index contributed by atoms with van der Waals surface area (Å²) in [6.07, 6.45) is 0.0581. The summed E-state index contributed by atoms with van der Waals surface area (Å²) in [7, 11) is 0. The lowest BCUT2D eigenvalue weighted by molar-refractivity contribution is 0.0840. The van der Waals surface area contributed by atoms with Crippen molar-refractivity contribution < 1.29 is 24.9 Å². The van der Waals surface area contributed by atoms with Crippen LogP contribution in [0.25, 0.3) is 0 Å². The molecule has 0 aliphatic carbocycles. The van der Waals surface area contributed by atoms with Crippen LogP contribution in [0, 0.1) is 5.41 Å². The highest BCUT2D eigenvalue weighted by molar-refractivity contribution is 6.03. The molecule has 25 heavy (non-hydrogen) atoms. The molecule has 1 atom stereocenters. The van der Waals surface area contributed by atoms with Crippen LogP contribution in [0.5, 0.6) is 23.0 Å². The number of phenolic OH excluding ortho intramolecular Hbond substituents is 3. The number of Topliss-reactive ketones (excluding diaryl/α,β-unsaturated/α-hetero) is 1. The number of ketones is 1. The molecule has 5 nitrogen and oxygen atoms in total. The maximum atomic E-state index is 12.6. The molecule has 0 radical (unpaired) electrons. The summed E-state index contributed by atoms with van der Waals surface area (Å²) < 4.78 is 6.04. The molecule has 1 aliphatic rings. The van der Waals surface area contributed by atoms with Gasteiger partial charge in [0.25, 0.3) is 0 Å². The van der Waals surface area contributed by atoms with E-state index in [9.17, 15) is 20.1 Å². The number of carbonyl (C=O) groups is 1. The highest BCUT2D eigenvalue weighted by atomic mass is 16.5. The molecule has 0 bridgehead atoms. The molecule has 0 spiro atoms. The molecule has 1 unspecified atom stereocenters. The maximum Gasteiger partial charge on any atom is 0.174 e. The monoisotopic (exact) mass is 342 g/mol. The Balaban J connectivity index is 2.08. The number of hydrogen-bond donors (Lipinski definition) is 3. The summed E-state index contributed by atoms with van der Waals surface area (Å²) in [6, 6.07) is 7.68. The van der Waals surface area contributed by atoms with Gasteiger partial charge in [-0.2, -0.15) is 0 Å². The van der Waals surface area contributed by atoms with Gasteiger partial charge in [0, 0.05) is 11.6 Å². The van der Waals surface area contributed by atoms with Gasteiger partial charge in [0.2, 0.25) is 0 Å². The molecule has 1 aliphatic heterocycles. The molecule has 0 aromatic heterocycles. The Bertz CT molecular complexity index is 815. The van der Waals surface area contributed by atoms with Crippen LogP contribution in [0.2, 0.25) is 0 Å². The van der Waals surface area contributed by atoms with E-state index in [2.05, 4.69) is 0 Å². The number of fused-ring (bicyclic) bond motifs is 1. The van der Waals surface area contributed by atoms with Crippen LogP contribution >= 0.6 is 0 Å². The fourth-order valence-electron chi connectivity index (χ4n) is 3.10. The third-order valence-electron chi connectivity index (χ3n) is 4.22. The van der Waals surface area contributed by atoms with Crippen LogP contribution in [0.15, 0.2) is 30.3 Å². The second-order valence-corrected chi connectivity index (χ2v) is 7.66. The van der Waals surface area contributed by atoms with Crippen molar-refractivity contribution in [3.05, 3.63) is 47.0 Å². The lowest BCUT2D eigenvalue weighted by Gasteiger charge is -2.30. The maximum absolute atomic E-state index is 12.6. The van der Waals surface area contributed by atoms with Crippen molar-refractivity contribution in [3.8, 4) is 23.0 Å². The summed E-state index contributed by atoms with van der Waals surface area (Å²) in [6.45, 7) is 6.06. The van der Waals surface area contributed by atoms with Crippen LogP contribution < -0.4 is 4.74 Å². The van der Waals surface area contributed by atoms with E-state index in [0.29, 0.717) is 12.0 Å². The molecule has 0 amide bonds. The minimum absolute atomic E-state index is 0.0784. The number of carbonyl (C=O) groups excluding carboxylic acids is 1. The van der Waals surface area contributed by atoms with Crippen LogP contribution in [0.3, 0.4) is 0 Å². The van der Waals surface area contributed by atoms with Gasteiger partial charge in [-0.15, -0.1) is 0 Å². The Labute approximate surface area is 146 Å². The molecule has 1 heterocycles. The fraction of sp³-hybridized carbons (Fsp3) is 0.350. The van der Waals surface area contributed by atoms with Crippen LogP contribution in [-0.2, 0) is 6.42 Å². The highest BCUT2D eigenvalue weighted by Crippen LogP contribution is 2.46. The molecule has 3 rings (SSSR count). The largest absolute Gasteiger partial charge is 0.508 e. The zero-order valence-electron chi connectivity index (χ0n) is 14.5. The smallest absolute Gasteiger partial charge is 0.174 e. The van der Waals surface area contributed by atoms with Crippen molar-refractivity contribution in [1.82, 2.24) is 0 Å². The fourth-order valence-corrected chi connectivity index (χ4v) is 3.10. The summed E-state index contributed by atoms with van der Waals surface area (Å²) in [4.78, 5) is 12.6. The van der Waals surface area contributed by atoms with Gasteiger partial charge in [-0.3, -0.25) is 4.79 Å². The highest BCUT2D eigenvalue weighted by Gasteiger charge is 2.34. The van der Waals surface area contributed by atoms with E-state index < -0.39 is 6.10 Å². The number of ether oxygens (including phenoxy) is 1. The topological polar surface area (TPSA) is 87.0 Å². The van der Waals surface area contributed by atoms with Crippen molar-refractivity contribution in [2.45, 2.75) is 39.7 Å². The number of aromatic hydroxyl groups is 3. The van der Waals surface area contributed by atoms with Crippen LogP contribution in [-0.4, -0.2) is 21.1 Å². The van der Waals surface area contributed by atoms with E-state index in [1.54, 1.807) is 12.1 Å². The molecule has 0 fully saturated rings. The Kier molecular flexibility index (Phi) is 4.11. The second-order valence-electron chi connectivity index (χ2n) is 7.66. The van der Waals surface area contributed by atoms with Gasteiger partial charge in [0.1, 0.15) is 34.7 Å². The number of phenols is 3. The Morgan fingerprint density at radius 2 is 1.72 bits per heavy atom. The second kappa shape index (κ2) is 5.99. The molecule has 2 aromatic rings. The average Bonchev–Trinajstić information content (AvgIpc) is 2.50. The normalized spacial score (nSPS) is 17.1. The van der Waals surface area contributed by atoms with Gasteiger partial charge in [-0.1, -0.05) is 32.9 Å². The Morgan fingerprint density at radius 3 is 2.32 bits per heavy atom. The van der Waals surface area contributed by atoms with Gasteiger partial charge in [-0.25, -0.2) is 0 Å². The summed E-state index contributed by atoms with van der Waals surface area (Å²) in [5.74, 6) is -0.187.